The smallest absolute Gasteiger partial charge is 0.134 e. The van der Waals surface area contributed by atoms with Gasteiger partial charge >= 0.3 is 0 Å². The summed E-state index contributed by atoms with van der Waals surface area (Å²) in [6, 6.07) is 0. The fourth-order valence-electron chi connectivity index (χ4n) is 2.96. The Morgan fingerprint density at radius 1 is 1.06 bits per heavy atom. The monoisotopic (exact) mass is 232 g/mol. The first kappa shape index (κ1) is 11.0. The summed E-state index contributed by atoms with van der Waals surface area (Å²) in [4.78, 5) is 9.33. The summed E-state index contributed by atoms with van der Waals surface area (Å²) in [5.41, 5.74) is 8.46. The summed E-state index contributed by atoms with van der Waals surface area (Å²) in [5.74, 6) is 2.28. The van der Waals surface area contributed by atoms with Crippen molar-refractivity contribution in [3.05, 3.63) is 17.1 Å². The summed E-state index contributed by atoms with van der Waals surface area (Å²) in [7, 11) is 0. The van der Waals surface area contributed by atoms with Crippen molar-refractivity contribution in [2.24, 2.45) is 0 Å². The van der Waals surface area contributed by atoms with Crippen molar-refractivity contribution in [2.75, 3.05) is 18.8 Å². The average Bonchev–Trinajstić information content (AvgIpc) is 2.75. The predicted molar refractivity (Wildman–Crippen MR) is 67.9 cm³/mol. The van der Waals surface area contributed by atoms with Gasteiger partial charge in [0.2, 0.25) is 0 Å². The van der Waals surface area contributed by atoms with Crippen molar-refractivity contribution in [3.8, 4) is 0 Å². The van der Waals surface area contributed by atoms with E-state index in [1.807, 2.05) is 0 Å². The van der Waals surface area contributed by atoms with E-state index in [9.17, 15) is 0 Å². The minimum atomic E-state index is 0.554. The van der Waals surface area contributed by atoms with Crippen LogP contribution in [0.15, 0.2) is 0 Å². The molecule has 0 spiro atoms. The number of nitrogens with zero attached hydrogens (tertiary/aromatic N) is 2. The third-order valence-electron chi connectivity index (χ3n) is 3.95. The largest absolute Gasteiger partial charge is 0.383 e. The third kappa shape index (κ3) is 2.14. The van der Waals surface area contributed by atoms with Crippen LogP contribution in [0.3, 0.4) is 0 Å². The zero-order valence-electron chi connectivity index (χ0n) is 10.2. The molecule has 1 fully saturated rings. The van der Waals surface area contributed by atoms with Crippen molar-refractivity contribution in [3.63, 3.8) is 0 Å². The van der Waals surface area contributed by atoms with Crippen molar-refractivity contribution >= 4 is 5.82 Å². The molecule has 1 saturated carbocycles. The number of fused-ring (bicyclic) bond motifs is 1. The number of hydrogen-bond donors (Lipinski definition) is 2. The maximum atomic E-state index is 6.10. The molecule has 3 rings (SSSR count). The van der Waals surface area contributed by atoms with Crippen LogP contribution in [-0.4, -0.2) is 23.1 Å². The van der Waals surface area contributed by atoms with Crippen LogP contribution in [0.4, 0.5) is 5.82 Å². The fourth-order valence-corrected chi connectivity index (χ4v) is 2.96. The molecule has 3 N–H and O–H groups in total. The van der Waals surface area contributed by atoms with E-state index < -0.39 is 0 Å². The van der Waals surface area contributed by atoms with Gasteiger partial charge in [0.15, 0.2) is 0 Å². The molecular weight excluding hydrogens is 212 g/mol. The van der Waals surface area contributed by atoms with Gasteiger partial charge in [-0.1, -0.05) is 12.8 Å². The minimum absolute atomic E-state index is 0.554. The number of nitrogens with one attached hydrogen (secondary N) is 1. The number of hydrogen-bond acceptors (Lipinski definition) is 4. The second-order valence-electron chi connectivity index (χ2n) is 5.12. The number of anilines is 1. The highest BCUT2D eigenvalue weighted by molar-refractivity contribution is 5.43. The Kier molecular flexibility index (Phi) is 2.97. The van der Waals surface area contributed by atoms with Gasteiger partial charge in [-0.05, 0) is 25.8 Å². The standard InChI is InChI=1S/C13H20N4/c14-12-10-5-7-15-8-6-11(10)16-13(17-12)9-3-1-2-4-9/h9,15H,1-8H2,(H2,14,16,17). The van der Waals surface area contributed by atoms with Gasteiger partial charge in [-0.3, -0.25) is 0 Å². The van der Waals surface area contributed by atoms with Crippen molar-refractivity contribution < 1.29 is 0 Å². The predicted octanol–water partition coefficient (Wildman–Crippen LogP) is 1.40. The molecule has 0 saturated heterocycles. The Bertz CT molecular complexity index is 410. The molecule has 17 heavy (non-hydrogen) atoms. The second-order valence-corrected chi connectivity index (χ2v) is 5.12. The lowest BCUT2D eigenvalue weighted by atomic mass is 10.1. The van der Waals surface area contributed by atoms with Gasteiger partial charge < -0.3 is 11.1 Å². The van der Waals surface area contributed by atoms with E-state index in [1.54, 1.807) is 0 Å². The van der Waals surface area contributed by atoms with Gasteiger partial charge in [-0.25, -0.2) is 9.97 Å². The van der Waals surface area contributed by atoms with Gasteiger partial charge in [0.05, 0.1) is 5.69 Å². The normalized spacial score (nSPS) is 21.2. The average molecular weight is 232 g/mol. The second kappa shape index (κ2) is 4.61. The van der Waals surface area contributed by atoms with Crippen LogP contribution in [0.5, 0.6) is 0 Å². The zero-order valence-corrected chi connectivity index (χ0v) is 10.2. The highest BCUT2D eigenvalue weighted by Gasteiger charge is 2.22. The van der Waals surface area contributed by atoms with E-state index in [-0.39, 0.29) is 0 Å². The zero-order chi connectivity index (χ0) is 11.7. The van der Waals surface area contributed by atoms with Gasteiger partial charge in [-0.15, -0.1) is 0 Å². The molecule has 0 bridgehead atoms. The molecule has 0 unspecified atom stereocenters. The summed E-state index contributed by atoms with van der Waals surface area (Å²) < 4.78 is 0. The lowest BCUT2D eigenvalue weighted by molar-refractivity contribution is 0.658. The molecule has 0 radical (unpaired) electrons. The van der Waals surface area contributed by atoms with E-state index in [4.69, 9.17) is 10.7 Å². The van der Waals surface area contributed by atoms with Crippen LogP contribution >= 0.6 is 0 Å². The first-order valence-electron chi connectivity index (χ1n) is 6.70. The molecular formula is C13H20N4. The molecule has 1 aliphatic heterocycles. The Morgan fingerprint density at radius 2 is 1.82 bits per heavy atom. The van der Waals surface area contributed by atoms with E-state index in [2.05, 4.69) is 10.3 Å². The first-order chi connectivity index (χ1) is 8.34. The number of nitrogen functional groups attached to an aromatic ring is 1. The van der Waals surface area contributed by atoms with Gasteiger partial charge in [0, 0.05) is 24.4 Å². The van der Waals surface area contributed by atoms with Gasteiger partial charge in [0.1, 0.15) is 11.6 Å². The van der Waals surface area contributed by atoms with Gasteiger partial charge in [-0.2, -0.15) is 0 Å². The highest BCUT2D eigenvalue weighted by Crippen LogP contribution is 2.33. The molecule has 1 aliphatic carbocycles. The maximum Gasteiger partial charge on any atom is 0.134 e. The SMILES string of the molecule is Nc1nc(C2CCCC2)nc2c1CCNCC2. The van der Waals surface area contributed by atoms with Crippen LogP contribution in [0.2, 0.25) is 0 Å². The van der Waals surface area contributed by atoms with Crippen LogP contribution in [0, 0.1) is 0 Å². The topological polar surface area (TPSA) is 63.8 Å². The van der Waals surface area contributed by atoms with Gasteiger partial charge in [0.25, 0.3) is 0 Å². The lowest BCUT2D eigenvalue weighted by Crippen LogP contribution is -2.16. The summed E-state index contributed by atoms with van der Waals surface area (Å²) in [6.45, 7) is 2.00. The first-order valence-corrected chi connectivity index (χ1v) is 6.70. The number of rotatable bonds is 1. The van der Waals surface area contributed by atoms with E-state index in [0.717, 1.165) is 37.6 Å². The molecule has 1 aromatic rings. The molecule has 2 heterocycles. The Morgan fingerprint density at radius 3 is 2.65 bits per heavy atom. The van der Waals surface area contributed by atoms with Crippen molar-refractivity contribution in [1.82, 2.24) is 15.3 Å². The number of nitrogens with two attached hydrogens (primary N) is 1. The van der Waals surface area contributed by atoms with Crippen LogP contribution < -0.4 is 11.1 Å². The van der Waals surface area contributed by atoms with Crippen LogP contribution in [0.25, 0.3) is 0 Å². The summed E-state index contributed by atoms with van der Waals surface area (Å²) >= 11 is 0. The molecule has 92 valence electrons. The molecule has 4 nitrogen and oxygen atoms in total. The van der Waals surface area contributed by atoms with E-state index in [1.165, 1.54) is 36.9 Å². The summed E-state index contributed by atoms with van der Waals surface area (Å²) in [6.07, 6.45) is 7.04. The van der Waals surface area contributed by atoms with Crippen molar-refractivity contribution in [2.45, 2.75) is 44.4 Å². The minimum Gasteiger partial charge on any atom is -0.383 e. The third-order valence-corrected chi connectivity index (χ3v) is 3.95. The fraction of sp³-hybridized carbons (Fsp3) is 0.692. The van der Waals surface area contributed by atoms with E-state index >= 15 is 0 Å². The molecule has 2 aliphatic rings. The molecule has 0 atom stereocenters. The molecule has 0 amide bonds. The Labute approximate surface area is 102 Å². The van der Waals surface area contributed by atoms with Crippen molar-refractivity contribution in [1.29, 1.82) is 0 Å². The van der Waals surface area contributed by atoms with Crippen LogP contribution in [0.1, 0.15) is 48.7 Å². The molecule has 1 aromatic heterocycles. The molecule has 0 aromatic carbocycles. The Balaban J connectivity index is 1.96. The maximum absolute atomic E-state index is 6.10. The highest BCUT2D eigenvalue weighted by atomic mass is 15.0. The van der Waals surface area contributed by atoms with Crippen LogP contribution in [-0.2, 0) is 12.8 Å². The molecule has 4 heteroatoms. The quantitative estimate of drug-likeness (QED) is 0.768. The van der Waals surface area contributed by atoms with E-state index in [0.29, 0.717) is 5.92 Å². The lowest BCUT2D eigenvalue weighted by Gasteiger charge is -2.13. The Hall–Kier alpha value is -1.16. The number of aromatic nitrogens is 2. The summed E-state index contributed by atoms with van der Waals surface area (Å²) in [5, 5.41) is 3.39.